The van der Waals surface area contributed by atoms with Crippen LogP contribution < -0.4 is 10.5 Å². The van der Waals surface area contributed by atoms with Gasteiger partial charge in [0.2, 0.25) is 0 Å². The molecule has 2 N–H and O–H groups in total. The predicted molar refractivity (Wildman–Crippen MR) is 72.9 cm³/mol. The van der Waals surface area contributed by atoms with Crippen LogP contribution in [0, 0.1) is 11.6 Å². The average molecular weight is 293 g/mol. The third kappa shape index (κ3) is 3.47. The number of esters is 1. The van der Waals surface area contributed by atoms with Gasteiger partial charge in [-0.2, -0.15) is 0 Å². The highest BCUT2D eigenvalue weighted by molar-refractivity contribution is 5.90. The Morgan fingerprint density at radius 3 is 2.67 bits per heavy atom. The maximum Gasteiger partial charge on any atom is 0.338 e. The van der Waals surface area contributed by atoms with E-state index in [1.165, 1.54) is 25.3 Å². The number of benzene rings is 2. The fourth-order valence-electron chi connectivity index (χ4n) is 1.78. The van der Waals surface area contributed by atoms with Crippen LogP contribution in [0.25, 0.3) is 0 Å². The fourth-order valence-corrected chi connectivity index (χ4v) is 1.78. The van der Waals surface area contributed by atoms with Crippen molar-refractivity contribution in [3.63, 3.8) is 0 Å². The Labute approximate surface area is 120 Å². The first kappa shape index (κ1) is 14.8. The van der Waals surface area contributed by atoms with Gasteiger partial charge < -0.3 is 15.2 Å². The van der Waals surface area contributed by atoms with Crippen molar-refractivity contribution in [1.82, 2.24) is 0 Å². The first-order valence-electron chi connectivity index (χ1n) is 6.06. The highest BCUT2D eigenvalue weighted by Gasteiger charge is 2.13. The number of rotatable bonds is 4. The van der Waals surface area contributed by atoms with E-state index in [0.29, 0.717) is 0 Å². The van der Waals surface area contributed by atoms with Crippen LogP contribution in [-0.4, -0.2) is 13.1 Å². The van der Waals surface area contributed by atoms with E-state index in [2.05, 4.69) is 0 Å². The second kappa shape index (κ2) is 6.21. The third-order valence-electron chi connectivity index (χ3n) is 2.78. The molecule has 0 saturated carbocycles. The summed E-state index contributed by atoms with van der Waals surface area (Å²) < 4.78 is 36.8. The van der Waals surface area contributed by atoms with Gasteiger partial charge in [-0.05, 0) is 24.3 Å². The van der Waals surface area contributed by atoms with E-state index in [9.17, 15) is 13.6 Å². The lowest BCUT2D eigenvalue weighted by Gasteiger charge is -2.09. The van der Waals surface area contributed by atoms with Crippen LogP contribution in [-0.2, 0) is 11.3 Å². The van der Waals surface area contributed by atoms with Crippen molar-refractivity contribution in [3.8, 4) is 5.75 Å². The molecule has 0 aliphatic carbocycles. The molecule has 4 nitrogen and oxygen atoms in total. The molecular formula is C15H13F2NO3. The first-order chi connectivity index (χ1) is 10.0. The van der Waals surface area contributed by atoms with Gasteiger partial charge in [-0.1, -0.05) is 12.1 Å². The van der Waals surface area contributed by atoms with Crippen molar-refractivity contribution >= 4 is 11.7 Å². The zero-order valence-electron chi connectivity index (χ0n) is 11.2. The minimum absolute atomic E-state index is 0.0317. The van der Waals surface area contributed by atoms with Crippen molar-refractivity contribution < 1.29 is 23.0 Å². The topological polar surface area (TPSA) is 61.5 Å². The van der Waals surface area contributed by atoms with E-state index in [1.54, 1.807) is 6.07 Å². The van der Waals surface area contributed by atoms with Gasteiger partial charge >= 0.3 is 5.97 Å². The molecule has 2 rings (SSSR count). The summed E-state index contributed by atoms with van der Waals surface area (Å²) in [7, 11) is 1.34. The molecule has 110 valence electrons. The van der Waals surface area contributed by atoms with Crippen LogP contribution in [0.15, 0.2) is 36.4 Å². The van der Waals surface area contributed by atoms with Crippen LogP contribution in [0.2, 0.25) is 0 Å². The summed E-state index contributed by atoms with van der Waals surface area (Å²) in [6.45, 7) is -0.293. The molecule has 0 atom stereocenters. The average Bonchev–Trinajstić information content (AvgIpc) is 2.45. The predicted octanol–water partition coefficient (Wildman–Crippen LogP) is 2.91. The van der Waals surface area contributed by atoms with Crippen molar-refractivity contribution in [1.29, 1.82) is 0 Å². The van der Waals surface area contributed by atoms with Gasteiger partial charge in [0.15, 0.2) is 11.6 Å². The molecule has 2 aromatic rings. The van der Waals surface area contributed by atoms with Crippen molar-refractivity contribution in [2.75, 3.05) is 12.8 Å². The Balaban J connectivity index is 2.11. The summed E-state index contributed by atoms with van der Waals surface area (Å²) in [6.07, 6.45) is 0. The van der Waals surface area contributed by atoms with Crippen molar-refractivity contribution in [3.05, 3.63) is 59.2 Å². The monoisotopic (exact) mass is 293 g/mol. The Hall–Kier alpha value is -2.63. The number of nitrogen functional groups attached to an aromatic ring is 1. The summed E-state index contributed by atoms with van der Waals surface area (Å²) in [4.78, 5) is 11.8. The van der Waals surface area contributed by atoms with Crippen LogP contribution in [0.4, 0.5) is 14.5 Å². The van der Waals surface area contributed by atoms with Crippen molar-refractivity contribution in [2.24, 2.45) is 0 Å². The molecule has 21 heavy (non-hydrogen) atoms. The lowest BCUT2D eigenvalue weighted by molar-refractivity contribution is 0.0468. The maximum atomic E-state index is 13.9. The number of carbonyl (C=O) groups is 1. The number of hydrogen-bond donors (Lipinski definition) is 1. The third-order valence-corrected chi connectivity index (χ3v) is 2.78. The van der Waals surface area contributed by atoms with Gasteiger partial charge in [-0.25, -0.2) is 13.6 Å². The number of carbonyl (C=O) groups excluding carboxylic acids is 1. The molecule has 0 amide bonds. The Morgan fingerprint density at radius 1 is 1.24 bits per heavy atom. The molecule has 6 heteroatoms. The molecule has 0 saturated heterocycles. The van der Waals surface area contributed by atoms with E-state index in [-0.39, 0.29) is 29.2 Å². The summed E-state index contributed by atoms with van der Waals surface area (Å²) in [5.41, 5.74) is 5.68. The van der Waals surface area contributed by atoms with Crippen molar-refractivity contribution in [2.45, 2.75) is 6.61 Å². The zero-order chi connectivity index (χ0) is 15.4. The first-order valence-corrected chi connectivity index (χ1v) is 6.06. The Bertz CT molecular complexity index is 654. The number of hydrogen-bond acceptors (Lipinski definition) is 4. The second-order valence-electron chi connectivity index (χ2n) is 4.28. The van der Waals surface area contributed by atoms with E-state index >= 15 is 0 Å². The van der Waals surface area contributed by atoms with E-state index < -0.39 is 17.6 Å². The van der Waals surface area contributed by atoms with Crippen LogP contribution in [0.1, 0.15) is 15.9 Å². The van der Waals surface area contributed by atoms with Gasteiger partial charge in [0.1, 0.15) is 12.4 Å². The number of anilines is 1. The van der Waals surface area contributed by atoms with Crippen LogP contribution >= 0.6 is 0 Å². The molecule has 0 unspecified atom stereocenters. The molecular weight excluding hydrogens is 280 g/mol. The number of nitrogens with two attached hydrogens (primary N) is 1. The minimum Gasteiger partial charge on any atom is -0.494 e. The number of ether oxygens (including phenoxy) is 2. The summed E-state index contributed by atoms with van der Waals surface area (Å²) in [6, 6.07) is 7.86. The highest BCUT2D eigenvalue weighted by Crippen LogP contribution is 2.21. The summed E-state index contributed by atoms with van der Waals surface area (Å²) in [5, 5.41) is 0. The molecule has 0 radical (unpaired) electrons. The minimum atomic E-state index is -0.789. The van der Waals surface area contributed by atoms with Gasteiger partial charge in [-0.3, -0.25) is 0 Å². The second-order valence-corrected chi connectivity index (χ2v) is 4.28. The van der Waals surface area contributed by atoms with E-state index in [4.69, 9.17) is 15.2 Å². The molecule has 0 spiro atoms. The molecule has 0 bridgehead atoms. The summed E-state index contributed by atoms with van der Waals surface area (Å²) in [5.74, 6) is -1.98. The smallest absolute Gasteiger partial charge is 0.338 e. The van der Waals surface area contributed by atoms with Gasteiger partial charge in [0.25, 0.3) is 0 Å². The fraction of sp³-hybridized carbons (Fsp3) is 0.133. The lowest BCUT2D eigenvalue weighted by Crippen LogP contribution is -2.07. The molecule has 0 heterocycles. The maximum absolute atomic E-state index is 13.9. The van der Waals surface area contributed by atoms with E-state index in [1.807, 2.05) is 0 Å². The SMILES string of the molecule is COc1cccc(COC(=O)c2cc(N)cc(F)c2)c1F. The lowest BCUT2D eigenvalue weighted by atomic mass is 10.2. The standard InChI is InChI=1S/C15H13F2NO3/c1-20-13-4-2-3-9(14(13)17)8-21-15(19)10-5-11(16)7-12(18)6-10/h2-7H,8,18H2,1H3. The zero-order valence-corrected chi connectivity index (χ0v) is 11.2. The normalized spacial score (nSPS) is 10.2. The molecule has 0 aromatic heterocycles. The number of methoxy groups -OCH3 is 1. The molecule has 2 aromatic carbocycles. The number of halogens is 2. The van der Waals surface area contributed by atoms with Gasteiger partial charge in [-0.15, -0.1) is 0 Å². The Morgan fingerprint density at radius 2 is 2.00 bits per heavy atom. The largest absolute Gasteiger partial charge is 0.494 e. The van der Waals surface area contributed by atoms with Gasteiger partial charge in [0.05, 0.1) is 12.7 Å². The van der Waals surface area contributed by atoms with Crippen LogP contribution in [0.3, 0.4) is 0 Å². The van der Waals surface area contributed by atoms with Gasteiger partial charge in [0, 0.05) is 11.3 Å². The molecule has 0 aliphatic rings. The quantitative estimate of drug-likeness (QED) is 0.695. The Kier molecular flexibility index (Phi) is 4.37. The van der Waals surface area contributed by atoms with Crippen LogP contribution in [0.5, 0.6) is 5.75 Å². The van der Waals surface area contributed by atoms with E-state index in [0.717, 1.165) is 12.1 Å². The highest BCUT2D eigenvalue weighted by atomic mass is 19.1. The summed E-state index contributed by atoms with van der Waals surface area (Å²) >= 11 is 0. The molecule has 0 aliphatic heterocycles. The molecule has 0 fully saturated rings.